The highest BCUT2D eigenvalue weighted by Gasteiger charge is 2.11. The van der Waals surface area contributed by atoms with Gasteiger partial charge in [0.25, 0.3) is 5.91 Å². The fourth-order valence-electron chi connectivity index (χ4n) is 1.91. The molecular formula is C15H13N2O2. The SMILES string of the molecule is NNC(=O)c1cc(-c2ccccc2)ccc1C[C]=O. The first-order valence-corrected chi connectivity index (χ1v) is 5.80. The van der Waals surface area contributed by atoms with Gasteiger partial charge in [-0.25, -0.2) is 5.84 Å². The summed E-state index contributed by atoms with van der Waals surface area (Å²) in [6, 6.07) is 15.0. The molecule has 0 aliphatic carbocycles. The Labute approximate surface area is 111 Å². The molecule has 0 saturated heterocycles. The van der Waals surface area contributed by atoms with E-state index in [1.54, 1.807) is 18.4 Å². The average Bonchev–Trinajstić information content (AvgIpc) is 2.48. The van der Waals surface area contributed by atoms with Gasteiger partial charge in [0.1, 0.15) is 0 Å². The molecule has 0 spiro atoms. The van der Waals surface area contributed by atoms with Crippen molar-refractivity contribution < 1.29 is 9.59 Å². The van der Waals surface area contributed by atoms with Crippen molar-refractivity contribution in [3.05, 3.63) is 59.7 Å². The van der Waals surface area contributed by atoms with Crippen LogP contribution in [0.1, 0.15) is 15.9 Å². The van der Waals surface area contributed by atoms with Crippen molar-refractivity contribution in [2.24, 2.45) is 5.84 Å². The highest BCUT2D eigenvalue weighted by Crippen LogP contribution is 2.22. The van der Waals surface area contributed by atoms with E-state index in [0.717, 1.165) is 11.1 Å². The Bertz CT molecular complexity index is 594. The second-order valence-electron chi connectivity index (χ2n) is 4.03. The van der Waals surface area contributed by atoms with Crippen LogP contribution >= 0.6 is 0 Å². The number of nitrogens with one attached hydrogen (secondary N) is 1. The molecule has 0 atom stereocenters. The third-order valence-electron chi connectivity index (χ3n) is 2.86. The van der Waals surface area contributed by atoms with E-state index in [2.05, 4.69) is 5.43 Å². The van der Waals surface area contributed by atoms with E-state index >= 15 is 0 Å². The summed E-state index contributed by atoms with van der Waals surface area (Å²) in [4.78, 5) is 22.2. The van der Waals surface area contributed by atoms with E-state index < -0.39 is 5.91 Å². The smallest absolute Gasteiger partial charge is 0.265 e. The maximum Gasteiger partial charge on any atom is 0.265 e. The Balaban J connectivity index is 2.49. The number of benzene rings is 2. The molecule has 0 saturated carbocycles. The van der Waals surface area contributed by atoms with Crippen molar-refractivity contribution in [3.63, 3.8) is 0 Å². The minimum Gasteiger partial charge on any atom is -0.291 e. The molecule has 0 bridgehead atoms. The van der Waals surface area contributed by atoms with Gasteiger partial charge in [-0.15, -0.1) is 0 Å². The molecule has 3 N–H and O–H groups in total. The van der Waals surface area contributed by atoms with Crippen molar-refractivity contribution in [1.29, 1.82) is 0 Å². The summed E-state index contributed by atoms with van der Waals surface area (Å²) in [6.45, 7) is 0. The first-order chi connectivity index (χ1) is 9.26. The minimum atomic E-state index is -0.414. The maximum atomic E-state index is 11.7. The van der Waals surface area contributed by atoms with Crippen LogP contribution in [-0.4, -0.2) is 12.2 Å². The lowest BCUT2D eigenvalue weighted by molar-refractivity contribution is 0.0953. The van der Waals surface area contributed by atoms with Crippen LogP contribution in [0.5, 0.6) is 0 Å². The Morgan fingerprint density at radius 3 is 2.47 bits per heavy atom. The molecule has 2 aromatic carbocycles. The molecule has 0 heterocycles. The van der Waals surface area contributed by atoms with Crippen LogP contribution in [0.25, 0.3) is 11.1 Å². The largest absolute Gasteiger partial charge is 0.291 e. The van der Waals surface area contributed by atoms with Gasteiger partial charge in [0.2, 0.25) is 6.29 Å². The predicted octanol–water partition coefficient (Wildman–Crippen LogP) is 1.61. The molecular weight excluding hydrogens is 240 g/mol. The van der Waals surface area contributed by atoms with E-state index in [4.69, 9.17) is 5.84 Å². The zero-order valence-corrected chi connectivity index (χ0v) is 10.2. The normalized spacial score (nSPS) is 9.95. The minimum absolute atomic E-state index is 0.0673. The lowest BCUT2D eigenvalue weighted by atomic mass is 9.97. The highest BCUT2D eigenvalue weighted by atomic mass is 16.2. The monoisotopic (exact) mass is 253 g/mol. The fourth-order valence-corrected chi connectivity index (χ4v) is 1.91. The van der Waals surface area contributed by atoms with Gasteiger partial charge in [-0.05, 0) is 22.8 Å². The molecule has 95 valence electrons. The summed E-state index contributed by atoms with van der Waals surface area (Å²) < 4.78 is 0. The van der Waals surface area contributed by atoms with E-state index in [0.29, 0.717) is 11.1 Å². The van der Waals surface area contributed by atoms with Gasteiger partial charge in [-0.1, -0.05) is 42.5 Å². The summed E-state index contributed by atoms with van der Waals surface area (Å²) in [5.41, 5.74) is 4.99. The third-order valence-corrected chi connectivity index (χ3v) is 2.86. The van der Waals surface area contributed by atoms with E-state index in [9.17, 15) is 9.59 Å². The molecule has 1 radical (unpaired) electrons. The number of nitrogen functional groups attached to an aromatic ring is 1. The maximum absolute atomic E-state index is 11.7. The van der Waals surface area contributed by atoms with Crippen LogP contribution in [0, 0.1) is 0 Å². The second kappa shape index (κ2) is 5.93. The molecule has 0 fully saturated rings. The van der Waals surface area contributed by atoms with E-state index in [1.807, 2.05) is 36.4 Å². The van der Waals surface area contributed by atoms with Crippen LogP contribution in [0.15, 0.2) is 48.5 Å². The lowest BCUT2D eigenvalue weighted by Crippen LogP contribution is -2.30. The number of hydrogen-bond acceptors (Lipinski definition) is 3. The highest BCUT2D eigenvalue weighted by molar-refractivity contribution is 5.97. The van der Waals surface area contributed by atoms with Crippen molar-refractivity contribution in [1.82, 2.24) is 5.43 Å². The van der Waals surface area contributed by atoms with E-state index in [1.165, 1.54) is 0 Å². The molecule has 0 aliphatic heterocycles. The molecule has 0 aliphatic rings. The van der Waals surface area contributed by atoms with Crippen LogP contribution in [0.2, 0.25) is 0 Å². The summed E-state index contributed by atoms with van der Waals surface area (Å²) in [5.74, 6) is 4.75. The predicted molar refractivity (Wildman–Crippen MR) is 72.9 cm³/mol. The van der Waals surface area contributed by atoms with Crippen LogP contribution in [0.3, 0.4) is 0 Å². The topological polar surface area (TPSA) is 72.2 Å². The number of hydrogen-bond donors (Lipinski definition) is 2. The van der Waals surface area contributed by atoms with Crippen molar-refractivity contribution >= 4 is 12.2 Å². The van der Waals surface area contributed by atoms with Crippen LogP contribution in [0.4, 0.5) is 0 Å². The standard InChI is InChI=1S/C15H13N2O2/c16-17-15(19)14-10-13(7-6-12(14)8-9-18)11-4-2-1-3-5-11/h1-7,10H,8,16H2,(H,17,19). The number of rotatable bonds is 4. The van der Waals surface area contributed by atoms with Gasteiger partial charge in [0.05, 0.1) is 0 Å². The molecule has 0 aromatic heterocycles. The molecule has 2 aromatic rings. The molecule has 1 amide bonds. The zero-order valence-electron chi connectivity index (χ0n) is 10.2. The van der Waals surface area contributed by atoms with Crippen molar-refractivity contribution in [2.75, 3.05) is 0 Å². The second-order valence-corrected chi connectivity index (χ2v) is 4.03. The Kier molecular flexibility index (Phi) is 4.05. The van der Waals surface area contributed by atoms with Gasteiger partial charge in [-0.2, -0.15) is 0 Å². The number of nitrogens with two attached hydrogens (primary N) is 1. The molecule has 2 rings (SSSR count). The van der Waals surface area contributed by atoms with Gasteiger partial charge >= 0.3 is 0 Å². The Morgan fingerprint density at radius 1 is 1.11 bits per heavy atom. The molecule has 4 heteroatoms. The first-order valence-electron chi connectivity index (χ1n) is 5.80. The van der Waals surface area contributed by atoms with Gasteiger partial charge in [0.15, 0.2) is 0 Å². The van der Waals surface area contributed by atoms with Gasteiger partial charge < -0.3 is 0 Å². The van der Waals surface area contributed by atoms with Crippen molar-refractivity contribution in [3.8, 4) is 11.1 Å². The summed E-state index contributed by atoms with van der Waals surface area (Å²) in [7, 11) is 0. The van der Waals surface area contributed by atoms with Crippen LogP contribution in [-0.2, 0) is 11.2 Å². The third kappa shape index (κ3) is 2.86. The fraction of sp³-hybridized carbons (Fsp3) is 0.0667. The number of hydrazine groups is 1. The summed E-state index contributed by atoms with van der Waals surface area (Å²) in [5, 5.41) is 0. The zero-order chi connectivity index (χ0) is 13.7. The molecule has 4 nitrogen and oxygen atoms in total. The van der Waals surface area contributed by atoms with Crippen LogP contribution < -0.4 is 11.3 Å². The van der Waals surface area contributed by atoms with Gasteiger partial charge in [-0.3, -0.25) is 15.0 Å². The lowest BCUT2D eigenvalue weighted by Gasteiger charge is -2.09. The Morgan fingerprint density at radius 2 is 1.84 bits per heavy atom. The number of carbonyl (C=O) groups is 1. The Hall–Kier alpha value is -2.46. The number of carbonyl (C=O) groups excluding carboxylic acids is 2. The molecule has 19 heavy (non-hydrogen) atoms. The quantitative estimate of drug-likeness (QED) is 0.494. The van der Waals surface area contributed by atoms with Gasteiger partial charge in [0, 0.05) is 12.0 Å². The number of amides is 1. The molecule has 0 unspecified atom stereocenters. The van der Waals surface area contributed by atoms with E-state index in [-0.39, 0.29) is 6.42 Å². The summed E-state index contributed by atoms with van der Waals surface area (Å²) in [6.07, 6.45) is 1.86. The van der Waals surface area contributed by atoms with Crippen molar-refractivity contribution in [2.45, 2.75) is 6.42 Å². The average molecular weight is 253 g/mol. The summed E-state index contributed by atoms with van der Waals surface area (Å²) >= 11 is 0. The first kappa shape index (κ1) is 13.0.